The lowest BCUT2D eigenvalue weighted by Gasteiger charge is -2.03. The zero-order valence-electron chi connectivity index (χ0n) is 6.55. The van der Waals surface area contributed by atoms with Crippen molar-refractivity contribution in [2.45, 2.75) is 0 Å². The molecular weight excluding hydrogens is 278 g/mol. The van der Waals surface area contributed by atoms with Crippen molar-refractivity contribution >= 4 is 39.3 Å². The summed E-state index contributed by atoms with van der Waals surface area (Å²) in [5.74, 6) is -3.99. The second-order valence-corrected chi connectivity index (χ2v) is 3.55. The van der Waals surface area contributed by atoms with Crippen LogP contribution in [0.25, 0.3) is 0 Å². The van der Waals surface area contributed by atoms with Crippen LogP contribution in [-0.4, -0.2) is 16.9 Å². The predicted octanol–water partition coefficient (Wildman–Crippen LogP) is 2.51. The molecular formula is C8H3BrClFO3. The number of halogens is 3. The lowest BCUT2D eigenvalue weighted by molar-refractivity contribution is -0.131. The molecule has 0 fully saturated rings. The molecule has 74 valence electrons. The molecule has 0 amide bonds. The molecule has 0 aliphatic rings. The molecule has 0 aliphatic heterocycles. The lowest BCUT2D eigenvalue weighted by Crippen LogP contribution is -2.15. The van der Waals surface area contributed by atoms with Gasteiger partial charge in [0.2, 0.25) is 0 Å². The average molecular weight is 281 g/mol. The predicted molar refractivity (Wildman–Crippen MR) is 51.1 cm³/mol. The van der Waals surface area contributed by atoms with E-state index in [0.717, 1.165) is 6.07 Å². The van der Waals surface area contributed by atoms with E-state index in [2.05, 4.69) is 15.9 Å². The Morgan fingerprint density at radius 3 is 2.50 bits per heavy atom. The Morgan fingerprint density at radius 2 is 2.00 bits per heavy atom. The first kappa shape index (κ1) is 11.1. The highest BCUT2D eigenvalue weighted by Gasteiger charge is 2.23. The third kappa shape index (κ3) is 1.93. The van der Waals surface area contributed by atoms with E-state index in [1.54, 1.807) is 0 Å². The van der Waals surface area contributed by atoms with Gasteiger partial charge in [-0.05, 0) is 28.1 Å². The third-order valence-corrected chi connectivity index (χ3v) is 2.83. The van der Waals surface area contributed by atoms with Gasteiger partial charge in [-0.3, -0.25) is 4.79 Å². The molecule has 0 radical (unpaired) electrons. The van der Waals surface area contributed by atoms with Crippen LogP contribution >= 0.6 is 27.5 Å². The van der Waals surface area contributed by atoms with E-state index in [4.69, 9.17) is 16.7 Å². The van der Waals surface area contributed by atoms with Gasteiger partial charge in [-0.25, -0.2) is 9.18 Å². The molecule has 6 heteroatoms. The Morgan fingerprint density at radius 1 is 1.43 bits per heavy atom. The van der Waals surface area contributed by atoms with E-state index < -0.39 is 23.1 Å². The van der Waals surface area contributed by atoms with Crippen molar-refractivity contribution in [3.8, 4) is 0 Å². The largest absolute Gasteiger partial charge is 0.475 e. The minimum atomic E-state index is -1.73. The van der Waals surface area contributed by atoms with Crippen molar-refractivity contribution in [1.82, 2.24) is 0 Å². The number of carboxylic acid groups (broad SMARTS) is 1. The number of carboxylic acids is 1. The van der Waals surface area contributed by atoms with Gasteiger partial charge in [-0.1, -0.05) is 11.6 Å². The monoisotopic (exact) mass is 280 g/mol. The number of benzene rings is 1. The first-order valence-corrected chi connectivity index (χ1v) is 4.53. The molecule has 0 bridgehead atoms. The molecule has 0 saturated carbocycles. The molecule has 3 nitrogen and oxygen atoms in total. The van der Waals surface area contributed by atoms with E-state index in [0.29, 0.717) is 0 Å². The van der Waals surface area contributed by atoms with Crippen LogP contribution in [0.5, 0.6) is 0 Å². The maximum absolute atomic E-state index is 13.1. The first-order valence-electron chi connectivity index (χ1n) is 3.36. The second kappa shape index (κ2) is 4.06. The number of rotatable bonds is 2. The van der Waals surface area contributed by atoms with Crippen LogP contribution in [0.3, 0.4) is 0 Å². The van der Waals surface area contributed by atoms with E-state index in [-0.39, 0.29) is 9.50 Å². The molecule has 0 aliphatic carbocycles. The standard InChI is InChI=1S/C8H3BrClFO3/c9-6-3(10)1-2-4(11)5(6)7(12)8(13)14/h1-2H,(H,13,14). The normalized spacial score (nSPS) is 9.93. The van der Waals surface area contributed by atoms with Crippen LogP contribution < -0.4 is 0 Å². The summed E-state index contributed by atoms with van der Waals surface area (Å²) < 4.78 is 13.0. The molecule has 1 rings (SSSR count). The van der Waals surface area contributed by atoms with Crippen molar-refractivity contribution in [2.75, 3.05) is 0 Å². The number of carbonyl (C=O) groups excluding carboxylic acids is 1. The number of hydrogen-bond donors (Lipinski definition) is 1. The van der Waals surface area contributed by atoms with Gasteiger partial charge >= 0.3 is 5.97 Å². The Balaban J connectivity index is 3.40. The van der Waals surface area contributed by atoms with Gasteiger partial charge in [0.15, 0.2) is 0 Å². The maximum atomic E-state index is 13.1. The highest BCUT2D eigenvalue weighted by Crippen LogP contribution is 2.28. The van der Waals surface area contributed by atoms with Crippen LogP contribution in [0.4, 0.5) is 4.39 Å². The van der Waals surface area contributed by atoms with E-state index in [1.807, 2.05) is 0 Å². The van der Waals surface area contributed by atoms with Gasteiger partial charge in [-0.2, -0.15) is 0 Å². The highest BCUT2D eigenvalue weighted by molar-refractivity contribution is 9.10. The van der Waals surface area contributed by atoms with Crippen LogP contribution in [0.2, 0.25) is 5.02 Å². The van der Waals surface area contributed by atoms with Crippen molar-refractivity contribution in [2.24, 2.45) is 0 Å². The fourth-order valence-corrected chi connectivity index (χ4v) is 1.50. The molecule has 1 N–H and O–H groups in total. The Bertz CT molecular complexity index is 419. The molecule has 1 aromatic rings. The fourth-order valence-electron chi connectivity index (χ4n) is 0.842. The maximum Gasteiger partial charge on any atom is 0.377 e. The number of ketones is 1. The summed E-state index contributed by atoms with van der Waals surface area (Å²) in [6.07, 6.45) is 0. The van der Waals surface area contributed by atoms with E-state index in [9.17, 15) is 14.0 Å². The van der Waals surface area contributed by atoms with Crippen molar-refractivity contribution in [1.29, 1.82) is 0 Å². The van der Waals surface area contributed by atoms with Crippen molar-refractivity contribution in [3.05, 3.63) is 33.0 Å². The summed E-state index contributed by atoms with van der Waals surface area (Å²) in [5.41, 5.74) is -0.565. The summed E-state index contributed by atoms with van der Waals surface area (Å²) in [6.45, 7) is 0. The Kier molecular flexibility index (Phi) is 3.23. The summed E-state index contributed by atoms with van der Waals surface area (Å²) in [5, 5.41) is 8.47. The Labute approximate surface area is 91.6 Å². The smallest absolute Gasteiger partial charge is 0.377 e. The van der Waals surface area contributed by atoms with Crippen molar-refractivity contribution < 1.29 is 19.1 Å². The summed E-state index contributed by atoms with van der Waals surface area (Å²) in [7, 11) is 0. The first-order chi connectivity index (χ1) is 6.45. The van der Waals surface area contributed by atoms with Crippen LogP contribution in [-0.2, 0) is 4.79 Å². The summed E-state index contributed by atoms with van der Waals surface area (Å²) >= 11 is 8.42. The molecule has 0 saturated heterocycles. The van der Waals surface area contributed by atoms with Crippen LogP contribution in [0.1, 0.15) is 10.4 Å². The van der Waals surface area contributed by atoms with E-state index >= 15 is 0 Å². The minimum absolute atomic E-state index is 0.0495. The average Bonchev–Trinajstić information content (AvgIpc) is 2.12. The molecule has 0 spiro atoms. The van der Waals surface area contributed by atoms with Gasteiger partial charge in [-0.15, -0.1) is 0 Å². The summed E-state index contributed by atoms with van der Waals surface area (Å²) in [6, 6.07) is 2.16. The quantitative estimate of drug-likeness (QED) is 0.515. The van der Waals surface area contributed by atoms with Gasteiger partial charge in [0.25, 0.3) is 5.78 Å². The molecule has 0 heterocycles. The van der Waals surface area contributed by atoms with Gasteiger partial charge in [0, 0.05) is 0 Å². The topological polar surface area (TPSA) is 54.4 Å². The lowest BCUT2D eigenvalue weighted by atomic mass is 10.1. The van der Waals surface area contributed by atoms with E-state index in [1.165, 1.54) is 6.07 Å². The minimum Gasteiger partial charge on any atom is -0.475 e. The molecule has 1 aromatic carbocycles. The zero-order valence-corrected chi connectivity index (χ0v) is 8.89. The Hall–Kier alpha value is -0.940. The molecule has 0 unspecified atom stereocenters. The number of hydrogen-bond acceptors (Lipinski definition) is 2. The van der Waals surface area contributed by atoms with Crippen LogP contribution in [0.15, 0.2) is 16.6 Å². The van der Waals surface area contributed by atoms with Gasteiger partial charge in [0.05, 0.1) is 15.1 Å². The summed E-state index contributed by atoms with van der Waals surface area (Å²) in [4.78, 5) is 21.3. The molecule has 14 heavy (non-hydrogen) atoms. The third-order valence-electron chi connectivity index (χ3n) is 1.47. The SMILES string of the molecule is O=C(O)C(=O)c1c(F)ccc(Cl)c1Br. The fraction of sp³-hybridized carbons (Fsp3) is 0. The van der Waals surface area contributed by atoms with Gasteiger partial charge < -0.3 is 5.11 Å². The van der Waals surface area contributed by atoms with Crippen LogP contribution in [0, 0.1) is 5.82 Å². The molecule has 0 aromatic heterocycles. The molecule has 0 atom stereocenters. The number of aliphatic carboxylic acids is 1. The number of Topliss-reactive ketones (excluding diaryl/α,β-unsaturated/α-hetero) is 1. The zero-order chi connectivity index (χ0) is 10.9. The van der Waals surface area contributed by atoms with Gasteiger partial charge in [0.1, 0.15) is 5.82 Å². The second-order valence-electron chi connectivity index (χ2n) is 2.35. The highest BCUT2D eigenvalue weighted by atomic mass is 79.9. The number of carbonyl (C=O) groups is 2. The van der Waals surface area contributed by atoms with Crippen molar-refractivity contribution in [3.63, 3.8) is 0 Å².